The Labute approximate surface area is 117 Å². The van der Waals surface area contributed by atoms with E-state index in [2.05, 4.69) is 15.5 Å². The van der Waals surface area contributed by atoms with Gasteiger partial charge in [-0.15, -0.1) is 11.8 Å². The molecule has 2 rings (SSSR count). The van der Waals surface area contributed by atoms with Gasteiger partial charge in [0, 0.05) is 16.2 Å². The Morgan fingerprint density at radius 3 is 2.53 bits per heavy atom. The van der Waals surface area contributed by atoms with E-state index < -0.39 is 0 Å². The highest BCUT2D eigenvalue weighted by Gasteiger charge is 2.09. The van der Waals surface area contributed by atoms with Crippen LogP contribution >= 0.6 is 11.8 Å². The minimum Gasteiger partial charge on any atom is -0.308 e. The maximum Gasteiger partial charge on any atom is 0.235 e. The molecule has 2 aromatic rings. The third-order valence-electron chi connectivity index (χ3n) is 2.90. The van der Waals surface area contributed by atoms with Crippen LogP contribution in [0.15, 0.2) is 29.2 Å². The molecule has 2 N–H and O–H groups in total. The minimum atomic E-state index is -0.0415. The molecule has 4 nitrogen and oxygen atoms in total. The lowest BCUT2D eigenvalue weighted by molar-refractivity contribution is -0.113. The van der Waals surface area contributed by atoms with Crippen LogP contribution in [0.2, 0.25) is 0 Å². The van der Waals surface area contributed by atoms with Gasteiger partial charge in [-0.3, -0.25) is 9.89 Å². The van der Waals surface area contributed by atoms with Gasteiger partial charge in [0.1, 0.15) is 0 Å². The Morgan fingerprint density at radius 2 is 1.95 bits per heavy atom. The van der Waals surface area contributed by atoms with Crippen molar-refractivity contribution in [2.45, 2.75) is 25.7 Å². The van der Waals surface area contributed by atoms with E-state index in [1.165, 1.54) is 17.3 Å². The number of nitrogens with one attached hydrogen (secondary N) is 2. The number of aromatic amines is 1. The van der Waals surface area contributed by atoms with Crippen LogP contribution in [0.5, 0.6) is 0 Å². The van der Waals surface area contributed by atoms with Crippen molar-refractivity contribution < 1.29 is 4.79 Å². The highest BCUT2D eigenvalue weighted by atomic mass is 32.2. The lowest BCUT2D eigenvalue weighted by Crippen LogP contribution is -2.15. The van der Waals surface area contributed by atoms with Crippen molar-refractivity contribution in [3.8, 4) is 0 Å². The zero-order chi connectivity index (χ0) is 13.8. The summed E-state index contributed by atoms with van der Waals surface area (Å²) >= 11 is 1.52. The number of aromatic nitrogens is 2. The molecule has 1 aromatic heterocycles. The van der Waals surface area contributed by atoms with Crippen LogP contribution in [0.3, 0.4) is 0 Å². The number of hydrogen-bond acceptors (Lipinski definition) is 3. The molecule has 0 bridgehead atoms. The summed E-state index contributed by atoms with van der Waals surface area (Å²) in [6, 6.07) is 8.14. The van der Waals surface area contributed by atoms with E-state index >= 15 is 0 Å². The molecular formula is C14H17N3OS. The first-order chi connectivity index (χ1) is 9.06. The summed E-state index contributed by atoms with van der Waals surface area (Å²) < 4.78 is 0. The maximum absolute atomic E-state index is 11.8. The second kappa shape index (κ2) is 5.93. The van der Waals surface area contributed by atoms with Gasteiger partial charge in [0.05, 0.1) is 5.75 Å². The van der Waals surface area contributed by atoms with Gasteiger partial charge >= 0.3 is 0 Å². The van der Waals surface area contributed by atoms with Gasteiger partial charge in [0.2, 0.25) is 5.91 Å². The van der Waals surface area contributed by atoms with Crippen molar-refractivity contribution in [3.05, 3.63) is 41.1 Å². The molecule has 0 aliphatic rings. The molecule has 0 fully saturated rings. The summed E-state index contributed by atoms with van der Waals surface area (Å²) in [7, 11) is 0. The van der Waals surface area contributed by atoms with Gasteiger partial charge in [0.15, 0.2) is 5.82 Å². The zero-order valence-electron chi connectivity index (χ0n) is 11.3. The van der Waals surface area contributed by atoms with Crippen LogP contribution in [0.4, 0.5) is 5.82 Å². The summed E-state index contributed by atoms with van der Waals surface area (Å²) in [6.07, 6.45) is 0. The molecule has 0 radical (unpaired) electrons. The Hall–Kier alpha value is -1.75. The standard InChI is InChI=1S/C14H17N3OS/c1-9-4-6-12(7-5-9)19-8-13(18)15-14-10(2)11(3)16-17-14/h4-7H,8H2,1-3H3,(H2,15,16,17,18). The number of aryl methyl sites for hydroxylation is 2. The molecule has 0 saturated carbocycles. The molecule has 0 aliphatic heterocycles. The number of amides is 1. The minimum absolute atomic E-state index is 0.0415. The van der Waals surface area contributed by atoms with E-state index in [1.54, 1.807) is 0 Å². The predicted molar refractivity (Wildman–Crippen MR) is 78.6 cm³/mol. The van der Waals surface area contributed by atoms with Crippen LogP contribution in [0.1, 0.15) is 16.8 Å². The predicted octanol–water partition coefficient (Wildman–Crippen LogP) is 3.07. The second-order valence-electron chi connectivity index (χ2n) is 4.47. The molecule has 19 heavy (non-hydrogen) atoms. The van der Waals surface area contributed by atoms with Crippen LogP contribution in [0, 0.1) is 20.8 Å². The number of anilines is 1. The van der Waals surface area contributed by atoms with E-state index in [4.69, 9.17) is 0 Å². The lowest BCUT2D eigenvalue weighted by Gasteiger charge is -2.04. The first-order valence-corrected chi connectivity index (χ1v) is 7.05. The Balaban J connectivity index is 1.88. The first kappa shape index (κ1) is 13.7. The number of H-pyrrole nitrogens is 1. The van der Waals surface area contributed by atoms with Crippen molar-refractivity contribution in [2.24, 2.45) is 0 Å². The molecule has 0 atom stereocenters. The van der Waals surface area contributed by atoms with E-state index in [-0.39, 0.29) is 5.91 Å². The average Bonchev–Trinajstić information content (AvgIpc) is 2.70. The van der Waals surface area contributed by atoms with E-state index in [9.17, 15) is 4.79 Å². The SMILES string of the molecule is Cc1ccc(SCC(=O)Nc2n[nH]c(C)c2C)cc1. The topological polar surface area (TPSA) is 57.8 Å². The van der Waals surface area contributed by atoms with Gasteiger partial charge in [-0.1, -0.05) is 17.7 Å². The van der Waals surface area contributed by atoms with E-state index in [0.29, 0.717) is 11.6 Å². The molecule has 1 aromatic carbocycles. The number of carbonyl (C=O) groups is 1. The van der Waals surface area contributed by atoms with Crippen LogP contribution in [-0.4, -0.2) is 21.9 Å². The van der Waals surface area contributed by atoms with Gasteiger partial charge < -0.3 is 5.32 Å². The molecule has 5 heteroatoms. The zero-order valence-corrected chi connectivity index (χ0v) is 12.1. The third-order valence-corrected chi connectivity index (χ3v) is 3.91. The van der Waals surface area contributed by atoms with E-state index in [0.717, 1.165) is 16.2 Å². The third kappa shape index (κ3) is 3.61. The summed E-state index contributed by atoms with van der Waals surface area (Å²) in [5.41, 5.74) is 3.17. The smallest absolute Gasteiger partial charge is 0.235 e. The highest BCUT2D eigenvalue weighted by molar-refractivity contribution is 8.00. The van der Waals surface area contributed by atoms with Crippen molar-refractivity contribution in [3.63, 3.8) is 0 Å². The van der Waals surface area contributed by atoms with Gasteiger partial charge in [-0.2, -0.15) is 5.10 Å². The number of benzene rings is 1. The average molecular weight is 275 g/mol. The van der Waals surface area contributed by atoms with Crippen molar-refractivity contribution in [2.75, 3.05) is 11.1 Å². The van der Waals surface area contributed by atoms with E-state index in [1.807, 2.05) is 45.0 Å². The van der Waals surface area contributed by atoms with Gasteiger partial charge in [-0.05, 0) is 32.9 Å². The van der Waals surface area contributed by atoms with Gasteiger partial charge in [0.25, 0.3) is 0 Å². The summed E-state index contributed by atoms with van der Waals surface area (Å²) in [5, 5.41) is 9.72. The van der Waals surface area contributed by atoms with Crippen molar-refractivity contribution in [1.82, 2.24) is 10.2 Å². The van der Waals surface area contributed by atoms with Crippen molar-refractivity contribution in [1.29, 1.82) is 0 Å². The summed E-state index contributed by atoms with van der Waals surface area (Å²) in [4.78, 5) is 12.9. The summed E-state index contributed by atoms with van der Waals surface area (Å²) in [5.74, 6) is 0.959. The van der Waals surface area contributed by atoms with Crippen molar-refractivity contribution >= 4 is 23.5 Å². The molecule has 0 spiro atoms. The Morgan fingerprint density at radius 1 is 1.26 bits per heavy atom. The highest BCUT2D eigenvalue weighted by Crippen LogP contribution is 2.19. The van der Waals surface area contributed by atoms with Gasteiger partial charge in [-0.25, -0.2) is 0 Å². The maximum atomic E-state index is 11.8. The molecule has 0 unspecified atom stereocenters. The lowest BCUT2D eigenvalue weighted by atomic mass is 10.2. The molecular weight excluding hydrogens is 258 g/mol. The fourth-order valence-corrected chi connectivity index (χ4v) is 2.26. The first-order valence-electron chi connectivity index (χ1n) is 6.07. The molecule has 0 aliphatic carbocycles. The van der Waals surface area contributed by atoms with Crippen LogP contribution in [-0.2, 0) is 4.79 Å². The fraction of sp³-hybridized carbons (Fsp3) is 0.286. The number of rotatable bonds is 4. The monoisotopic (exact) mass is 275 g/mol. The Bertz CT molecular complexity index is 575. The quantitative estimate of drug-likeness (QED) is 0.843. The molecule has 1 amide bonds. The second-order valence-corrected chi connectivity index (χ2v) is 5.52. The van der Waals surface area contributed by atoms with Crippen LogP contribution < -0.4 is 5.32 Å². The molecule has 100 valence electrons. The fourth-order valence-electron chi connectivity index (χ4n) is 1.56. The largest absolute Gasteiger partial charge is 0.308 e. The molecule has 1 heterocycles. The van der Waals surface area contributed by atoms with Crippen LogP contribution in [0.25, 0.3) is 0 Å². The number of thioether (sulfide) groups is 1. The Kier molecular flexibility index (Phi) is 4.27. The number of hydrogen-bond donors (Lipinski definition) is 2. The normalized spacial score (nSPS) is 10.5. The molecule has 0 saturated heterocycles. The number of carbonyl (C=O) groups excluding carboxylic acids is 1. The summed E-state index contributed by atoms with van der Waals surface area (Å²) in [6.45, 7) is 5.91. The number of nitrogens with zero attached hydrogens (tertiary/aromatic N) is 1.